The molecule has 2 aromatic rings. The molecule has 142 valence electrons. The molecule has 0 aliphatic carbocycles. The monoisotopic (exact) mass is 404 g/mol. The summed E-state index contributed by atoms with van der Waals surface area (Å²) in [6.45, 7) is 4.54. The second-order valence-electron chi connectivity index (χ2n) is 6.34. The SMILES string of the molecule is O=C(CCN1CCN(c2ccccc2)CC1)N/N=C\c1c(Cl)cccc1Cl. The van der Waals surface area contributed by atoms with Gasteiger partial charge in [-0.2, -0.15) is 5.10 Å². The van der Waals surface area contributed by atoms with Crippen molar-refractivity contribution in [3.8, 4) is 0 Å². The van der Waals surface area contributed by atoms with Crippen LogP contribution in [0.4, 0.5) is 5.69 Å². The molecule has 5 nitrogen and oxygen atoms in total. The number of benzene rings is 2. The van der Waals surface area contributed by atoms with Gasteiger partial charge in [-0.3, -0.25) is 9.69 Å². The van der Waals surface area contributed by atoms with E-state index in [2.05, 4.69) is 44.6 Å². The van der Waals surface area contributed by atoms with Gasteiger partial charge in [0.1, 0.15) is 0 Å². The Kier molecular flexibility index (Phi) is 7.10. The average molecular weight is 405 g/mol. The van der Waals surface area contributed by atoms with E-state index in [-0.39, 0.29) is 5.91 Å². The third kappa shape index (κ3) is 5.70. The van der Waals surface area contributed by atoms with Crippen molar-refractivity contribution in [1.29, 1.82) is 0 Å². The van der Waals surface area contributed by atoms with Crippen molar-refractivity contribution >= 4 is 41.0 Å². The molecule has 1 heterocycles. The van der Waals surface area contributed by atoms with Crippen molar-refractivity contribution in [2.24, 2.45) is 5.10 Å². The number of piperazine rings is 1. The number of nitrogens with one attached hydrogen (secondary N) is 1. The molecule has 1 N–H and O–H groups in total. The van der Waals surface area contributed by atoms with E-state index >= 15 is 0 Å². The van der Waals surface area contributed by atoms with Gasteiger partial charge in [-0.1, -0.05) is 47.5 Å². The summed E-state index contributed by atoms with van der Waals surface area (Å²) in [6, 6.07) is 15.6. The lowest BCUT2D eigenvalue weighted by atomic mass is 10.2. The summed E-state index contributed by atoms with van der Waals surface area (Å²) in [4.78, 5) is 16.7. The molecule has 0 saturated carbocycles. The molecule has 1 aliphatic heterocycles. The van der Waals surface area contributed by atoms with E-state index < -0.39 is 0 Å². The number of carbonyl (C=O) groups is 1. The van der Waals surface area contributed by atoms with Gasteiger partial charge in [0.05, 0.1) is 16.3 Å². The van der Waals surface area contributed by atoms with Gasteiger partial charge < -0.3 is 4.90 Å². The molecule has 2 aromatic carbocycles. The van der Waals surface area contributed by atoms with Gasteiger partial charge >= 0.3 is 0 Å². The number of hydrogen-bond donors (Lipinski definition) is 1. The Morgan fingerprint density at radius 2 is 1.67 bits per heavy atom. The lowest BCUT2D eigenvalue weighted by molar-refractivity contribution is -0.121. The number of rotatable bonds is 6. The molecule has 7 heteroatoms. The summed E-state index contributed by atoms with van der Waals surface area (Å²) in [5.74, 6) is -0.125. The number of anilines is 1. The van der Waals surface area contributed by atoms with Crippen molar-refractivity contribution in [1.82, 2.24) is 10.3 Å². The van der Waals surface area contributed by atoms with Crippen LogP contribution in [0.1, 0.15) is 12.0 Å². The summed E-state index contributed by atoms with van der Waals surface area (Å²) < 4.78 is 0. The first-order valence-corrected chi connectivity index (χ1v) is 9.67. The number of para-hydroxylation sites is 1. The quantitative estimate of drug-likeness (QED) is 0.590. The minimum Gasteiger partial charge on any atom is -0.369 e. The van der Waals surface area contributed by atoms with Gasteiger partial charge in [-0.15, -0.1) is 0 Å². The second-order valence-corrected chi connectivity index (χ2v) is 7.16. The second kappa shape index (κ2) is 9.74. The fraction of sp³-hybridized carbons (Fsp3) is 0.300. The van der Waals surface area contributed by atoms with Crippen LogP contribution >= 0.6 is 23.2 Å². The van der Waals surface area contributed by atoms with Gasteiger partial charge in [0, 0.05) is 50.4 Å². The van der Waals surface area contributed by atoms with Gasteiger partial charge in [0.25, 0.3) is 0 Å². The highest BCUT2D eigenvalue weighted by atomic mass is 35.5. The molecule has 27 heavy (non-hydrogen) atoms. The number of hydrazone groups is 1. The third-order valence-electron chi connectivity index (χ3n) is 4.53. The molecular formula is C20H22Cl2N4O. The van der Waals surface area contributed by atoms with Crippen LogP contribution in [-0.2, 0) is 4.79 Å². The first kappa shape index (κ1) is 19.7. The third-order valence-corrected chi connectivity index (χ3v) is 5.19. The molecule has 0 bridgehead atoms. The molecule has 0 atom stereocenters. The van der Waals surface area contributed by atoms with Crippen molar-refractivity contribution < 1.29 is 4.79 Å². The first-order chi connectivity index (χ1) is 13.1. The van der Waals surface area contributed by atoms with Crippen molar-refractivity contribution in [3.05, 3.63) is 64.1 Å². The zero-order valence-corrected chi connectivity index (χ0v) is 16.5. The highest BCUT2D eigenvalue weighted by Crippen LogP contribution is 2.22. The average Bonchev–Trinajstić information content (AvgIpc) is 2.70. The number of amides is 1. The summed E-state index contributed by atoms with van der Waals surface area (Å²) in [7, 11) is 0. The molecule has 1 fully saturated rings. The number of nitrogens with zero attached hydrogens (tertiary/aromatic N) is 3. The zero-order chi connectivity index (χ0) is 19.1. The zero-order valence-electron chi connectivity index (χ0n) is 14.9. The maximum Gasteiger partial charge on any atom is 0.241 e. The maximum absolute atomic E-state index is 12.0. The minimum absolute atomic E-state index is 0.125. The molecular weight excluding hydrogens is 383 g/mol. The molecule has 0 radical (unpaired) electrons. The van der Waals surface area contributed by atoms with Gasteiger partial charge in [0.15, 0.2) is 0 Å². The Morgan fingerprint density at radius 1 is 1.00 bits per heavy atom. The van der Waals surface area contributed by atoms with Crippen LogP contribution in [0.2, 0.25) is 10.0 Å². The highest BCUT2D eigenvalue weighted by Gasteiger charge is 2.17. The number of hydrogen-bond acceptors (Lipinski definition) is 4. The van der Waals surface area contributed by atoms with Crippen LogP contribution in [0.15, 0.2) is 53.6 Å². The highest BCUT2D eigenvalue weighted by molar-refractivity contribution is 6.38. The topological polar surface area (TPSA) is 47.9 Å². The van der Waals surface area contributed by atoms with E-state index in [0.29, 0.717) is 22.0 Å². The largest absolute Gasteiger partial charge is 0.369 e. The summed E-state index contributed by atoms with van der Waals surface area (Å²) >= 11 is 12.1. The van der Waals surface area contributed by atoms with E-state index in [1.165, 1.54) is 11.9 Å². The van der Waals surface area contributed by atoms with Gasteiger partial charge in [-0.25, -0.2) is 5.43 Å². The lowest BCUT2D eigenvalue weighted by Gasteiger charge is -2.36. The normalized spacial score (nSPS) is 15.3. The van der Waals surface area contributed by atoms with Crippen LogP contribution in [0.25, 0.3) is 0 Å². The van der Waals surface area contributed by atoms with E-state index in [4.69, 9.17) is 23.2 Å². The first-order valence-electron chi connectivity index (χ1n) is 8.92. The van der Waals surface area contributed by atoms with E-state index in [1.807, 2.05) is 6.07 Å². The smallest absolute Gasteiger partial charge is 0.241 e. The fourth-order valence-electron chi connectivity index (χ4n) is 2.99. The molecule has 0 spiro atoms. The number of carbonyl (C=O) groups excluding carboxylic acids is 1. The lowest BCUT2D eigenvalue weighted by Crippen LogP contribution is -2.47. The van der Waals surface area contributed by atoms with Crippen molar-refractivity contribution in [2.75, 3.05) is 37.6 Å². The van der Waals surface area contributed by atoms with Gasteiger partial charge in [-0.05, 0) is 24.3 Å². The van der Waals surface area contributed by atoms with Crippen LogP contribution in [0.5, 0.6) is 0 Å². The Bertz CT molecular complexity index is 770. The minimum atomic E-state index is -0.125. The molecule has 0 unspecified atom stereocenters. The molecule has 0 aromatic heterocycles. The van der Waals surface area contributed by atoms with Crippen LogP contribution in [0.3, 0.4) is 0 Å². The molecule has 1 saturated heterocycles. The summed E-state index contributed by atoms with van der Waals surface area (Å²) in [5.41, 5.74) is 4.38. The predicted octanol–water partition coefficient (Wildman–Crippen LogP) is 3.66. The Morgan fingerprint density at radius 3 is 2.33 bits per heavy atom. The van der Waals surface area contributed by atoms with Crippen molar-refractivity contribution in [2.45, 2.75) is 6.42 Å². The van der Waals surface area contributed by atoms with E-state index in [1.54, 1.807) is 18.2 Å². The Hall–Kier alpha value is -2.08. The van der Waals surface area contributed by atoms with Crippen LogP contribution in [-0.4, -0.2) is 49.7 Å². The molecule has 1 amide bonds. The van der Waals surface area contributed by atoms with E-state index in [0.717, 1.165) is 32.7 Å². The Balaban J connectivity index is 1.39. The predicted molar refractivity (Wildman–Crippen MR) is 112 cm³/mol. The van der Waals surface area contributed by atoms with Crippen LogP contribution in [0, 0.1) is 0 Å². The summed E-state index contributed by atoms with van der Waals surface area (Å²) in [5, 5.41) is 4.95. The van der Waals surface area contributed by atoms with Gasteiger partial charge in [0.2, 0.25) is 5.91 Å². The molecule has 1 aliphatic rings. The standard InChI is InChI=1S/C20H22Cl2N4O/c21-18-7-4-8-19(22)17(18)15-23-24-20(27)9-10-25-11-13-26(14-12-25)16-5-2-1-3-6-16/h1-8,15H,9-14H2,(H,24,27)/b23-15-. The molecule has 3 rings (SSSR count). The summed E-state index contributed by atoms with van der Waals surface area (Å²) in [6.07, 6.45) is 1.88. The maximum atomic E-state index is 12.0. The van der Waals surface area contributed by atoms with E-state index in [9.17, 15) is 4.79 Å². The number of halogens is 2. The van der Waals surface area contributed by atoms with Crippen molar-refractivity contribution in [3.63, 3.8) is 0 Å². The Labute approximate surface area is 169 Å². The fourth-order valence-corrected chi connectivity index (χ4v) is 3.48. The van der Waals surface area contributed by atoms with Crippen LogP contribution < -0.4 is 10.3 Å².